The molecule has 2 amide bonds. The Balaban J connectivity index is 1.60. The van der Waals surface area contributed by atoms with Gasteiger partial charge in [-0.3, -0.25) is 9.59 Å². The molecule has 1 saturated carbocycles. The topological polar surface area (TPSA) is 67.9 Å². The van der Waals surface area contributed by atoms with Gasteiger partial charge in [0, 0.05) is 25.4 Å². The molecular weight excluding hydrogens is 507 g/mol. The third kappa shape index (κ3) is 8.07. The Morgan fingerprint density at radius 2 is 1.55 bits per heavy atom. The number of carbonyl (C=O) groups excluding carboxylic acids is 2. The molecule has 1 atom stereocenters. The summed E-state index contributed by atoms with van der Waals surface area (Å²) in [5.74, 6) is 0.601. The summed E-state index contributed by atoms with van der Waals surface area (Å²) in [6.07, 6.45) is 6.35. The second-order valence-electron chi connectivity index (χ2n) is 10.4. The molecule has 0 spiro atoms. The lowest BCUT2D eigenvalue weighted by Crippen LogP contribution is -2.52. The van der Waals surface area contributed by atoms with Crippen LogP contribution >= 0.6 is 0 Å². The lowest BCUT2D eigenvalue weighted by atomic mass is 9.94. The van der Waals surface area contributed by atoms with Gasteiger partial charge in [0.05, 0.1) is 14.2 Å². The first-order valence-electron chi connectivity index (χ1n) is 14.1. The molecule has 1 N–H and O–H groups in total. The van der Waals surface area contributed by atoms with Gasteiger partial charge >= 0.3 is 0 Å². The van der Waals surface area contributed by atoms with E-state index < -0.39 is 6.04 Å². The Bertz CT molecular complexity index is 1240. The molecule has 7 heteroatoms. The number of ether oxygens (including phenoxy) is 2. The fraction of sp³-hybridized carbons (Fsp3) is 0.394. The Kier molecular flexibility index (Phi) is 10.6. The van der Waals surface area contributed by atoms with Gasteiger partial charge in [-0.25, -0.2) is 4.39 Å². The minimum absolute atomic E-state index is 0.120. The van der Waals surface area contributed by atoms with Gasteiger partial charge < -0.3 is 19.7 Å². The quantitative estimate of drug-likeness (QED) is 0.309. The van der Waals surface area contributed by atoms with Crippen molar-refractivity contribution in [1.82, 2.24) is 10.2 Å². The van der Waals surface area contributed by atoms with Crippen molar-refractivity contribution in [1.29, 1.82) is 0 Å². The average molecular weight is 547 g/mol. The molecule has 40 heavy (non-hydrogen) atoms. The molecule has 0 bridgehead atoms. The molecule has 1 aliphatic rings. The van der Waals surface area contributed by atoms with Crippen molar-refractivity contribution in [2.45, 2.75) is 70.0 Å². The van der Waals surface area contributed by atoms with Gasteiger partial charge in [0.25, 0.3) is 0 Å². The molecule has 1 fully saturated rings. The van der Waals surface area contributed by atoms with Crippen molar-refractivity contribution in [2.24, 2.45) is 0 Å². The van der Waals surface area contributed by atoms with Gasteiger partial charge in [-0.05, 0) is 60.2 Å². The minimum atomic E-state index is -0.702. The number of benzene rings is 3. The van der Waals surface area contributed by atoms with E-state index >= 15 is 0 Å². The highest BCUT2D eigenvalue weighted by atomic mass is 19.1. The van der Waals surface area contributed by atoms with Gasteiger partial charge in [-0.1, -0.05) is 67.8 Å². The summed E-state index contributed by atoms with van der Waals surface area (Å²) in [6, 6.07) is 20.9. The van der Waals surface area contributed by atoms with E-state index in [0.717, 1.165) is 42.4 Å². The summed E-state index contributed by atoms with van der Waals surface area (Å²) < 4.78 is 24.4. The summed E-state index contributed by atoms with van der Waals surface area (Å²) in [6.45, 7) is 0.209. The molecule has 3 aromatic carbocycles. The number of hydrogen-bond donors (Lipinski definition) is 1. The van der Waals surface area contributed by atoms with Crippen LogP contribution < -0.4 is 14.8 Å². The van der Waals surface area contributed by atoms with Gasteiger partial charge in [-0.2, -0.15) is 0 Å². The molecule has 0 heterocycles. The van der Waals surface area contributed by atoms with Gasteiger partial charge in [-0.15, -0.1) is 0 Å². The summed E-state index contributed by atoms with van der Waals surface area (Å²) >= 11 is 0. The average Bonchev–Trinajstić information content (AvgIpc) is 2.99. The number of nitrogens with one attached hydrogen (secondary N) is 1. The third-order valence-electron chi connectivity index (χ3n) is 7.56. The van der Waals surface area contributed by atoms with Crippen LogP contribution in [-0.2, 0) is 29.0 Å². The highest BCUT2D eigenvalue weighted by Crippen LogP contribution is 2.28. The maximum absolute atomic E-state index is 13.9. The van der Waals surface area contributed by atoms with Crippen molar-refractivity contribution in [3.05, 3.63) is 95.3 Å². The molecule has 4 rings (SSSR count). The van der Waals surface area contributed by atoms with Gasteiger partial charge in [0.1, 0.15) is 11.9 Å². The van der Waals surface area contributed by atoms with Crippen molar-refractivity contribution in [2.75, 3.05) is 14.2 Å². The monoisotopic (exact) mass is 546 g/mol. The molecule has 0 aromatic heterocycles. The smallest absolute Gasteiger partial charge is 0.243 e. The summed E-state index contributed by atoms with van der Waals surface area (Å²) in [5.41, 5.74) is 2.67. The van der Waals surface area contributed by atoms with Crippen LogP contribution in [0.1, 0.15) is 55.2 Å². The van der Waals surface area contributed by atoms with E-state index in [1.165, 1.54) is 18.6 Å². The van der Waals surface area contributed by atoms with Crippen LogP contribution in [-0.4, -0.2) is 43.0 Å². The van der Waals surface area contributed by atoms with E-state index in [1.807, 2.05) is 48.5 Å². The largest absolute Gasteiger partial charge is 0.493 e. The number of rotatable bonds is 12. The van der Waals surface area contributed by atoms with Crippen molar-refractivity contribution < 1.29 is 23.5 Å². The first-order chi connectivity index (χ1) is 19.5. The van der Waals surface area contributed by atoms with Crippen LogP contribution in [0.25, 0.3) is 0 Å². The van der Waals surface area contributed by atoms with Crippen LogP contribution in [0, 0.1) is 5.82 Å². The molecule has 1 unspecified atom stereocenters. The summed E-state index contributed by atoms with van der Waals surface area (Å²) in [4.78, 5) is 29.4. The number of amides is 2. The van der Waals surface area contributed by atoms with Crippen molar-refractivity contribution >= 4 is 11.8 Å². The molecule has 0 radical (unpaired) electrons. The number of halogens is 1. The van der Waals surface area contributed by atoms with Crippen LogP contribution in [0.5, 0.6) is 11.5 Å². The SMILES string of the molecule is COc1ccc(CCC(=O)N(Cc2ccc(F)cc2)C(Cc2ccccc2)C(=O)NC2CCCCC2)cc1OC. The molecular formula is C33H39FN2O4. The molecule has 0 saturated heterocycles. The molecule has 6 nitrogen and oxygen atoms in total. The van der Waals surface area contributed by atoms with E-state index in [9.17, 15) is 14.0 Å². The molecule has 212 valence electrons. The second kappa shape index (κ2) is 14.5. The predicted octanol–water partition coefficient (Wildman–Crippen LogP) is 5.86. The van der Waals surface area contributed by atoms with E-state index in [0.29, 0.717) is 24.3 Å². The zero-order valence-corrected chi connectivity index (χ0v) is 23.4. The zero-order chi connectivity index (χ0) is 28.3. The maximum Gasteiger partial charge on any atom is 0.243 e. The van der Waals surface area contributed by atoms with Gasteiger partial charge in [0.2, 0.25) is 11.8 Å². The molecule has 0 aliphatic heterocycles. The zero-order valence-electron chi connectivity index (χ0n) is 23.4. The second-order valence-corrected chi connectivity index (χ2v) is 10.4. The Morgan fingerprint density at radius 3 is 2.23 bits per heavy atom. The third-order valence-corrected chi connectivity index (χ3v) is 7.56. The first kappa shape index (κ1) is 29.1. The van der Waals surface area contributed by atoms with E-state index in [2.05, 4.69) is 5.32 Å². The molecule has 1 aliphatic carbocycles. The van der Waals surface area contributed by atoms with Crippen LogP contribution in [0.3, 0.4) is 0 Å². The fourth-order valence-electron chi connectivity index (χ4n) is 5.32. The number of hydrogen-bond acceptors (Lipinski definition) is 4. The van der Waals surface area contributed by atoms with Gasteiger partial charge in [0.15, 0.2) is 11.5 Å². The van der Waals surface area contributed by atoms with Crippen LogP contribution in [0.4, 0.5) is 4.39 Å². The minimum Gasteiger partial charge on any atom is -0.493 e. The maximum atomic E-state index is 13.9. The summed E-state index contributed by atoms with van der Waals surface area (Å²) in [7, 11) is 3.16. The Hall–Kier alpha value is -3.87. The number of carbonyl (C=O) groups is 2. The normalized spacial score (nSPS) is 14.3. The number of methoxy groups -OCH3 is 2. The fourth-order valence-corrected chi connectivity index (χ4v) is 5.32. The molecule has 3 aromatic rings. The standard InChI is InChI=1S/C33H39FN2O4/c1-39-30-19-15-25(22-31(30)40-2)16-20-32(37)36(23-26-13-17-27(34)18-14-26)29(21-24-9-5-3-6-10-24)33(38)35-28-11-7-4-8-12-28/h3,5-6,9-10,13-15,17-19,22,28-29H,4,7-8,11-12,16,20-21,23H2,1-2H3,(H,35,38). The summed E-state index contributed by atoms with van der Waals surface area (Å²) in [5, 5.41) is 3.25. The Morgan fingerprint density at radius 1 is 0.875 bits per heavy atom. The van der Waals surface area contributed by atoms with Crippen molar-refractivity contribution in [3.8, 4) is 11.5 Å². The van der Waals surface area contributed by atoms with E-state index in [1.54, 1.807) is 31.3 Å². The first-order valence-corrected chi connectivity index (χ1v) is 14.1. The lowest BCUT2D eigenvalue weighted by Gasteiger charge is -2.33. The van der Waals surface area contributed by atoms with E-state index in [4.69, 9.17) is 9.47 Å². The van der Waals surface area contributed by atoms with Crippen LogP contribution in [0.15, 0.2) is 72.8 Å². The van der Waals surface area contributed by atoms with Crippen molar-refractivity contribution in [3.63, 3.8) is 0 Å². The Labute approximate surface area is 236 Å². The predicted molar refractivity (Wildman–Crippen MR) is 154 cm³/mol. The highest BCUT2D eigenvalue weighted by Gasteiger charge is 2.31. The van der Waals surface area contributed by atoms with E-state index in [-0.39, 0.29) is 36.6 Å². The van der Waals surface area contributed by atoms with Crippen LogP contribution in [0.2, 0.25) is 0 Å². The number of nitrogens with zero attached hydrogens (tertiary/aromatic N) is 1. The number of aryl methyl sites for hydroxylation is 1. The lowest BCUT2D eigenvalue weighted by molar-refractivity contribution is -0.141. The highest BCUT2D eigenvalue weighted by molar-refractivity contribution is 5.88.